The SMILES string of the molecule is CC/C(=C\C=C(C)C)N1c2cccc(N)c2C2CCCCCC21. The van der Waals surface area contributed by atoms with Crippen molar-refractivity contribution in [3.05, 3.63) is 47.2 Å². The topological polar surface area (TPSA) is 29.3 Å². The number of fused-ring (bicyclic) bond motifs is 3. The Kier molecular flexibility index (Phi) is 4.79. The molecule has 2 atom stereocenters. The van der Waals surface area contributed by atoms with Gasteiger partial charge in [-0.15, -0.1) is 0 Å². The van der Waals surface area contributed by atoms with Crippen LogP contribution in [0.2, 0.25) is 0 Å². The summed E-state index contributed by atoms with van der Waals surface area (Å²) in [6.45, 7) is 6.59. The second-order valence-corrected chi connectivity index (χ2v) is 7.22. The Morgan fingerprint density at radius 3 is 2.70 bits per heavy atom. The quantitative estimate of drug-likeness (QED) is 0.567. The Morgan fingerprint density at radius 1 is 1.17 bits per heavy atom. The van der Waals surface area contributed by atoms with E-state index in [4.69, 9.17) is 5.73 Å². The van der Waals surface area contributed by atoms with Crippen LogP contribution < -0.4 is 10.6 Å². The lowest BCUT2D eigenvalue weighted by atomic mass is 9.90. The van der Waals surface area contributed by atoms with Crippen molar-refractivity contribution in [1.29, 1.82) is 0 Å². The van der Waals surface area contributed by atoms with Gasteiger partial charge in [0.15, 0.2) is 0 Å². The molecule has 2 unspecified atom stereocenters. The Labute approximate surface area is 141 Å². The molecular formula is C21H30N2. The zero-order valence-electron chi connectivity index (χ0n) is 14.8. The molecule has 1 heterocycles. The maximum atomic E-state index is 6.40. The van der Waals surface area contributed by atoms with Crippen LogP contribution in [0.1, 0.15) is 70.8 Å². The number of allylic oxidation sites excluding steroid dienone is 4. The van der Waals surface area contributed by atoms with E-state index in [0.29, 0.717) is 12.0 Å². The van der Waals surface area contributed by atoms with Crippen LogP contribution in [0.5, 0.6) is 0 Å². The van der Waals surface area contributed by atoms with Gasteiger partial charge in [0.25, 0.3) is 0 Å². The first kappa shape index (κ1) is 16.2. The lowest BCUT2D eigenvalue weighted by molar-refractivity contribution is 0.516. The van der Waals surface area contributed by atoms with Gasteiger partial charge < -0.3 is 10.6 Å². The van der Waals surface area contributed by atoms with Gasteiger partial charge in [-0.2, -0.15) is 0 Å². The first-order valence-electron chi connectivity index (χ1n) is 9.15. The van der Waals surface area contributed by atoms with Crippen molar-refractivity contribution in [2.45, 2.75) is 71.3 Å². The molecule has 0 radical (unpaired) electrons. The van der Waals surface area contributed by atoms with E-state index < -0.39 is 0 Å². The predicted molar refractivity (Wildman–Crippen MR) is 101 cm³/mol. The third-order valence-electron chi connectivity index (χ3n) is 5.34. The second-order valence-electron chi connectivity index (χ2n) is 7.22. The Bertz CT molecular complexity index is 623. The van der Waals surface area contributed by atoms with Crippen LogP contribution in [0.15, 0.2) is 41.6 Å². The zero-order chi connectivity index (χ0) is 16.4. The average Bonchev–Trinajstić information content (AvgIpc) is 2.69. The number of nitrogens with zero attached hydrogens (tertiary/aromatic N) is 1. The maximum Gasteiger partial charge on any atom is 0.0467 e. The van der Waals surface area contributed by atoms with E-state index in [1.807, 2.05) is 0 Å². The van der Waals surface area contributed by atoms with E-state index in [9.17, 15) is 0 Å². The first-order chi connectivity index (χ1) is 11.1. The lowest BCUT2D eigenvalue weighted by Crippen LogP contribution is -2.32. The Balaban J connectivity index is 2.09. The fourth-order valence-corrected chi connectivity index (χ4v) is 4.30. The second kappa shape index (κ2) is 6.82. The zero-order valence-corrected chi connectivity index (χ0v) is 14.8. The molecule has 1 aliphatic carbocycles. The van der Waals surface area contributed by atoms with Crippen LogP contribution >= 0.6 is 0 Å². The minimum atomic E-state index is 0.592. The van der Waals surface area contributed by atoms with E-state index in [-0.39, 0.29) is 0 Å². The van der Waals surface area contributed by atoms with E-state index in [1.165, 1.54) is 54.6 Å². The van der Waals surface area contributed by atoms with Crippen molar-refractivity contribution in [1.82, 2.24) is 0 Å². The maximum absolute atomic E-state index is 6.40. The molecule has 124 valence electrons. The monoisotopic (exact) mass is 310 g/mol. The van der Waals surface area contributed by atoms with Gasteiger partial charge in [-0.1, -0.05) is 43.9 Å². The van der Waals surface area contributed by atoms with Gasteiger partial charge in [0.2, 0.25) is 0 Å². The highest BCUT2D eigenvalue weighted by molar-refractivity contribution is 5.73. The highest BCUT2D eigenvalue weighted by Crippen LogP contribution is 2.51. The van der Waals surface area contributed by atoms with E-state index >= 15 is 0 Å². The molecule has 2 heteroatoms. The molecule has 0 bridgehead atoms. The Morgan fingerprint density at radius 2 is 1.96 bits per heavy atom. The van der Waals surface area contributed by atoms with Crippen LogP contribution in [0, 0.1) is 0 Å². The molecule has 0 amide bonds. The number of benzene rings is 1. The molecule has 1 aliphatic heterocycles. The molecule has 1 saturated carbocycles. The number of nitrogens with two attached hydrogens (primary N) is 1. The van der Waals surface area contributed by atoms with Crippen LogP contribution in [0.4, 0.5) is 11.4 Å². The minimum absolute atomic E-state index is 0.592. The summed E-state index contributed by atoms with van der Waals surface area (Å²) in [7, 11) is 0. The van der Waals surface area contributed by atoms with Gasteiger partial charge in [0.05, 0.1) is 0 Å². The third kappa shape index (κ3) is 3.04. The minimum Gasteiger partial charge on any atom is -0.398 e. The summed E-state index contributed by atoms with van der Waals surface area (Å²) in [5.41, 5.74) is 12.9. The highest BCUT2D eigenvalue weighted by atomic mass is 15.2. The summed E-state index contributed by atoms with van der Waals surface area (Å²) in [5, 5.41) is 0. The van der Waals surface area contributed by atoms with Crippen molar-refractivity contribution in [3.63, 3.8) is 0 Å². The van der Waals surface area contributed by atoms with Crippen molar-refractivity contribution in [2.24, 2.45) is 0 Å². The summed E-state index contributed by atoms with van der Waals surface area (Å²) in [6.07, 6.45) is 12.2. The first-order valence-corrected chi connectivity index (χ1v) is 9.15. The fraction of sp³-hybridized carbons (Fsp3) is 0.524. The van der Waals surface area contributed by atoms with Crippen LogP contribution in [-0.4, -0.2) is 6.04 Å². The summed E-state index contributed by atoms with van der Waals surface area (Å²) in [4.78, 5) is 2.61. The fourth-order valence-electron chi connectivity index (χ4n) is 4.30. The number of hydrogen-bond donors (Lipinski definition) is 1. The van der Waals surface area contributed by atoms with Gasteiger partial charge in [-0.05, 0) is 51.3 Å². The van der Waals surface area contributed by atoms with E-state index in [1.54, 1.807) is 0 Å². The molecule has 1 aromatic carbocycles. The van der Waals surface area contributed by atoms with E-state index in [2.05, 4.69) is 56.0 Å². The molecule has 2 aliphatic rings. The normalized spacial score (nSPS) is 24.0. The predicted octanol–water partition coefficient (Wildman–Crippen LogP) is 5.77. The van der Waals surface area contributed by atoms with Crippen LogP contribution in [0.3, 0.4) is 0 Å². The van der Waals surface area contributed by atoms with Crippen LogP contribution in [-0.2, 0) is 0 Å². The van der Waals surface area contributed by atoms with Gasteiger partial charge in [-0.25, -0.2) is 0 Å². The van der Waals surface area contributed by atoms with E-state index in [0.717, 1.165) is 12.1 Å². The summed E-state index contributed by atoms with van der Waals surface area (Å²) in [5.74, 6) is 0.607. The number of rotatable bonds is 3. The third-order valence-corrected chi connectivity index (χ3v) is 5.34. The van der Waals surface area contributed by atoms with Gasteiger partial charge in [-0.3, -0.25) is 0 Å². The number of nitrogen functional groups attached to an aromatic ring is 1. The molecular weight excluding hydrogens is 280 g/mol. The molecule has 0 aromatic heterocycles. The van der Waals surface area contributed by atoms with Gasteiger partial charge in [0, 0.05) is 34.6 Å². The molecule has 0 spiro atoms. The standard InChI is InChI=1S/C21H30N2/c1-4-16(14-13-15(2)3)23-19-11-7-5-6-9-17(19)21-18(22)10-8-12-20(21)23/h8,10,12-14,17,19H,4-7,9,11,22H2,1-3H3/b16-14+. The van der Waals surface area contributed by atoms with Crippen molar-refractivity contribution < 1.29 is 0 Å². The Hall–Kier alpha value is -1.70. The summed E-state index contributed by atoms with van der Waals surface area (Å²) >= 11 is 0. The van der Waals surface area contributed by atoms with Crippen molar-refractivity contribution in [2.75, 3.05) is 10.6 Å². The van der Waals surface area contributed by atoms with Crippen LogP contribution in [0.25, 0.3) is 0 Å². The molecule has 0 saturated heterocycles. The number of anilines is 2. The summed E-state index contributed by atoms with van der Waals surface area (Å²) < 4.78 is 0. The highest BCUT2D eigenvalue weighted by Gasteiger charge is 2.40. The van der Waals surface area contributed by atoms with Crippen molar-refractivity contribution in [3.8, 4) is 0 Å². The smallest absolute Gasteiger partial charge is 0.0467 e. The molecule has 1 aromatic rings. The molecule has 1 fully saturated rings. The summed E-state index contributed by atoms with van der Waals surface area (Å²) in [6, 6.07) is 7.05. The molecule has 2 N–H and O–H groups in total. The van der Waals surface area contributed by atoms with Gasteiger partial charge in [0.1, 0.15) is 0 Å². The lowest BCUT2D eigenvalue weighted by Gasteiger charge is -2.31. The molecule has 3 rings (SSSR count). The number of hydrogen-bond acceptors (Lipinski definition) is 2. The largest absolute Gasteiger partial charge is 0.398 e. The van der Waals surface area contributed by atoms with Gasteiger partial charge >= 0.3 is 0 Å². The average molecular weight is 310 g/mol. The molecule has 23 heavy (non-hydrogen) atoms. The van der Waals surface area contributed by atoms with Crippen molar-refractivity contribution >= 4 is 11.4 Å². The molecule has 2 nitrogen and oxygen atoms in total.